The average molecular weight is 495 g/mol. The van der Waals surface area contributed by atoms with Crippen LogP contribution in [0, 0.1) is 6.92 Å². The van der Waals surface area contributed by atoms with Gasteiger partial charge in [-0.05, 0) is 86.1 Å². The van der Waals surface area contributed by atoms with E-state index in [1.807, 2.05) is 74.4 Å². The van der Waals surface area contributed by atoms with E-state index in [0.29, 0.717) is 12.0 Å². The summed E-state index contributed by atoms with van der Waals surface area (Å²) in [6.45, 7) is 17.7. The number of aryl methyl sites for hydroxylation is 1. The highest BCUT2D eigenvalue weighted by atomic mass is 79.9. The van der Waals surface area contributed by atoms with Gasteiger partial charge in [0, 0.05) is 10.9 Å². The summed E-state index contributed by atoms with van der Waals surface area (Å²) in [6, 6.07) is 5.50. The van der Waals surface area contributed by atoms with E-state index in [9.17, 15) is 4.79 Å². The first kappa shape index (κ1) is 24.8. The summed E-state index contributed by atoms with van der Waals surface area (Å²) in [5, 5.41) is 0. The molecule has 170 valence electrons. The van der Waals surface area contributed by atoms with Gasteiger partial charge in [-0.15, -0.1) is 0 Å². The zero-order valence-corrected chi connectivity index (χ0v) is 21.6. The van der Waals surface area contributed by atoms with Crippen molar-refractivity contribution in [3.8, 4) is 0 Å². The first-order valence-corrected chi connectivity index (χ1v) is 11.5. The Bertz CT molecular complexity index is 842. The number of ether oxygens (including phenoxy) is 1. The van der Waals surface area contributed by atoms with Crippen LogP contribution in [-0.2, 0) is 23.4 Å². The van der Waals surface area contributed by atoms with Crippen LogP contribution in [0.5, 0.6) is 0 Å². The summed E-state index contributed by atoms with van der Waals surface area (Å²) in [5.74, 6) is -0.347. The van der Waals surface area contributed by atoms with E-state index in [-0.39, 0.29) is 12.1 Å². The van der Waals surface area contributed by atoms with E-state index in [2.05, 4.69) is 15.9 Å². The second-order valence-electron chi connectivity index (χ2n) is 10.3. The van der Waals surface area contributed by atoms with Crippen LogP contribution >= 0.6 is 15.9 Å². The SMILES string of the molecule is Cc1cc(Br)ccc1C(=O)OC(C)CC1(C)OB(B2OC(C)(C)C(C)(C)O2)OC1(C)C. The number of hydrogen-bond donors (Lipinski definition) is 0. The minimum Gasteiger partial charge on any atom is -0.459 e. The molecule has 3 rings (SSSR count). The van der Waals surface area contributed by atoms with Crippen molar-refractivity contribution in [2.24, 2.45) is 0 Å². The third-order valence-electron chi connectivity index (χ3n) is 6.95. The van der Waals surface area contributed by atoms with Crippen molar-refractivity contribution in [1.29, 1.82) is 0 Å². The highest BCUT2D eigenvalue weighted by Gasteiger charge is 2.65. The summed E-state index contributed by atoms with van der Waals surface area (Å²) in [4.78, 5) is 12.7. The molecule has 1 aromatic carbocycles. The third-order valence-corrected chi connectivity index (χ3v) is 7.44. The fraction of sp³-hybridized carbons (Fsp3) is 0.682. The van der Waals surface area contributed by atoms with Gasteiger partial charge >= 0.3 is 20.0 Å². The monoisotopic (exact) mass is 494 g/mol. The zero-order valence-electron chi connectivity index (χ0n) is 20.0. The largest absolute Gasteiger partial charge is 0.489 e. The molecule has 2 aliphatic rings. The van der Waals surface area contributed by atoms with Crippen molar-refractivity contribution in [2.45, 2.75) is 97.2 Å². The van der Waals surface area contributed by atoms with Crippen LogP contribution in [-0.4, -0.2) is 48.5 Å². The molecule has 0 amide bonds. The molecule has 1 aromatic rings. The highest BCUT2D eigenvalue weighted by molar-refractivity contribution is 9.10. The van der Waals surface area contributed by atoms with Gasteiger partial charge in [0.05, 0.1) is 28.0 Å². The van der Waals surface area contributed by atoms with Crippen LogP contribution in [0.1, 0.15) is 77.7 Å². The van der Waals surface area contributed by atoms with E-state index in [0.717, 1.165) is 10.0 Å². The Balaban J connectivity index is 1.68. The quantitative estimate of drug-likeness (QED) is 0.427. The maximum Gasteiger partial charge on any atom is 0.489 e. The first-order valence-electron chi connectivity index (χ1n) is 10.8. The van der Waals surface area contributed by atoms with Gasteiger partial charge in [0.2, 0.25) is 0 Å². The average Bonchev–Trinajstić information content (AvgIpc) is 2.95. The Morgan fingerprint density at radius 1 is 0.968 bits per heavy atom. The minimum atomic E-state index is -0.699. The van der Waals surface area contributed by atoms with Gasteiger partial charge in [0.1, 0.15) is 6.10 Å². The van der Waals surface area contributed by atoms with Crippen LogP contribution in [0.4, 0.5) is 0 Å². The van der Waals surface area contributed by atoms with Crippen LogP contribution in [0.2, 0.25) is 0 Å². The lowest BCUT2D eigenvalue weighted by molar-refractivity contribution is -0.0471. The molecule has 31 heavy (non-hydrogen) atoms. The van der Waals surface area contributed by atoms with Gasteiger partial charge in [-0.2, -0.15) is 0 Å². The van der Waals surface area contributed by atoms with Crippen molar-refractivity contribution in [1.82, 2.24) is 0 Å². The van der Waals surface area contributed by atoms with Crippen LogP contribution in [0.15, 0.2) is 22.7 Å². The molecule has 2 saturated heterocycles. The second kappa shape index (κ2) is 8.17. The number of halogens is 1. The molecule has 2 heterocycles. The first-order chi connectivity index (χ1) is 14.1. The Morgan fingerprint density at radius 2 is 1.48 bits per heavy atom. The molecule has 2 atom stereocenters. The fourth-order valence-corrected chi connectivity index (χ4v) is 4.41. The Hall–Kier alpha value is -0.860. The van der Waals surface area contributed by atoms with E-state index < -0.39 is 36.4 Å². The molecule has 2 fully saturated rings. The molecular weight excluding hydrogens is 462 g/mol. The lowest BCUT2D eigenvalue weighted by Gasteiger charge is -2.38. The third kappa shape index (κ3) is 4.76. The topological polar surface area (TPSA) is 63.2 Å². The summed E-state index contributed by atoms with van der Waals surface area (Å²) in [6.07, 6.45) is 0.0950. The van der Waals surface area contributed by atoms with Crippen molar-refractivity contribution in [3.63, 3.8) is 0 Å². The van der Waals surface area contributed by atoms with Gasteiger partial charge in [-0.25, -0.2) is 4.79 Å². The van der Waals surface area contributed by atoms with Gasteiger partial charge in [0.15, 0.2) is 0 Å². The van der Waals surface area contributed by atoms with Gasteiger partial charge in [-0.3, -0.25) is 0 Å². The highest BCUT2D eigenvalue weighted by Crippen LogP contribution is 2.45. The van der Waals surface area contributed by atoms with Crippen molar-refractivity contribution in [2.75, 3.05) is 0 Å². The molecule has 6 nitrogen and oxygen atoms in total. The fourth-order valence-electron chi connectivity index (χ4n) is 3.93. The van der Waals surface area contributed by atoms with Gasteiger partial charge in [0.25, 0.3) is 0 Å². The summed E-state index contributed by atoms with van der Waals surface area (Å²) in [7, 11) is -1.30. The van der Waals surface area contributed by atoms with Crippen LogP contribution in [0.25, 0.3) is 0 Å². The number of esters is 1. The smallest absolute Gasteiger partial charge is 0.459 e. The second-order valence-corrected chi connectivity index (χ2v) is 11.3. The standard InChI is InChI=1S/C22H33B2BrO6/c1-14-12-16(25)10-11-17(14)18(26)27-15(2)13-22(9)21(7,8)30-24(31-22)23-28-19(3,4)20(5,6)29-23/h10-12,15H,13H2,1-9H3. The van der Waals surface area contributed by atoms with Gasteiger partial charge in [-0.1, -0.05) is 15.9 Å². The molecular formula is C22H33B2BrO6. The maximum absolute atomic E-state index is 12.7. The summed E-state index contributed by atoms with van der Waals surface area (Å²) >= 11 is 3.42. The Kier molecular flexibility index (Phi) is 6.53. The molecule has 0 spiro atoms. The van der Waals surface area contributed by atoms with E-state index >= 15 is 0 Å². The lowest BCUT2D eigenvalue weighted by Crippen LogP contribution is -2.47. The van der Waals surface area contributed by atoms with Crippen molar-refractivity contribution in [3.05, 3.63) is 33.8 Å². The van der Waals surface area contributed by atoms with Crippen LogP contribution in [0.3, 0.4) is 0 Å². The molecule has 0 bridgehead atoms. The molecule has 0 N–H and O–H groups in total. The molecule has 0 aliphatic carbocycles. The number of carbonyl (C=O) groups is 1. The van der Waals surface area contributed by atoms with Crippen molar-refractivity contribution >= 4 is 35.9 Å². The summed E-state index contributed by atoms with van der Waals surface area (Å²) in [5.41, 5.74) is -0.860. The minimum absolute atomic E-state index is 0.347. The predicted octanol–water partition coefficient (Wildman–Crippen LogP) is 4.94. The Morgan fingerprint density at radius 3 is 2.03 bits per heavy atom. The maximum atomic E-state index is 12.7. The zero-order chi connectivity index (χ0) is 23.4. The molecule has 9 heteroatoms. The number of carbonyl (C=O) groups excluding carboxylic acids is 1. The van der Waals surface area contributed by atoms with E-state index in [1.165, 1.54) is 0 Å². The van der Waals surface area contributed by atoms with Crippen LogP contribution < -0.4 is 0 Å². The number of hydrogen-bond acceptors (Lipinski definition) is 6. The predicted molar refractivity (Wildman–Crippen MR) is 125 cm³/mol. The molecule has 0 aromatic heterocycles. The normalized spacial score (nSPS) is 27.4. The molecule has 0 saturated carbocycles. The molecule has 2 aliphatic heterocycles. The van der Waals surface area contributed by atoms with E-state index in [1.54, 1.807) is 6.07 Å². The Labute approximate surface area is 195 Å². The van der Waals surface area contributed by atoms with Gasteiger partial charge < -0.3 is 23.4 Å². The van der Waals surface area contributed by atoms with E-state index in [4.69, 9.17) is 23.4 Å². The number of rotatable bonds is 5. The van der Waals surface area contributed by atoms with Crippen molar-refractivity contribution < 1.29 is 28.1 Å². The summed E-state index contributed by atoms with van der Waals surface area (Å²) < 4.78 is 31.5. The molecule has 2 unspecified atom stereocenters. The number of benzene rings is 1. The molecule has 0 radical (unpaired) electrons. The lowest BCUT2D eigenvalue weighted by atomic mass is 9.49.